The van der Waals surface area contributed by atoms with Gasteiger partial charge in [0.2, 0.25) is 0 Å². The molecule has 0 aromatic carbocycles. The van der Waals surface area contributed by atoms with Gasteiger partial charge in [-0.25, -0.2) is 0 Å². The van der Waals surface area contributed by atoms with Crippen LogP contribution in [0.15, 0.2) is 0 Å². The van der Waals surface area contributed by atoms with Crippen molar-refractivity contribution in [3.63, 3.8) is 0 Å². The number of piperazine rings is 1. The summed E-state index contributed by atoms with van der Waals surface area (Å²) >= 11 is 0. The van der Waals surface area contributed by atoms with Gasteiger partial charge in [-0.1, -0.05) is 33.6 Å². The molecule has 2 fully saturated rings. The summed E-state index contributed by atoms with van der Waals surface area (Å²) in [5.74, 6) is 0. The summed E-state index contributed by atoms with van der Waals surface area (Å²) in [6.45, 7) is 10.9. The van der Waals surface area contributed by atoms with Crippen LogP contribution in [0.4, 0.5) is 0 Å². The molecular formula is C16H32N2. The lowest BCUT2D eigenvalue weighted by molar-refractivity contribution is 0.0666. The van der Waals surface area contributed by atoms with Crippen molar-refractivity contribution in [2.75, 3.05) is 19.6 Å². The standard InChI is InChI=1S/C16H32N2/c1-4-14-12-18(15(5-2)11-17-14)13-16(6-3)9-7-8-10-16/h14-15,17H,4-13H2,1-3H3. The van der Waals surface area contributed by atoms with Crippen molar-refractivity contribution in [3.05, 3.63) is 0 Å². The lowest BCUT2D eigenvalue weighted by Gasteiger charge is -2.44. The highest BCUT2D eigenvalue weighted by Gasteiger charge is 2.37. The first-order chi connectivity index (χ1) is 8.73. The molecule has 106 valence electrons. The van der Waals surface area contributed by atoms with E-state index in [-0.39, 0.29) is 0 Å². The van der Waals surface area contributed by atoms with Crippen LogP contribution in [0, 0.1) is 5.41 Å². The Labute approximate surface area is 114 Å². The highest BCUT2D eigenvalue weighted by Crippen LogP contribution is 2.42. The van der Waals surface area contributed by atoms with Gasteiger partial charge >= 0.3 is 0 Å². The number of nitrogens with one attached hydrogen (secondary N) is 1. The van der Waals surface area contributed by atoms with Crippen LogP contribution in [0.3, 0.4) is 0 Å². The maximum atomic E-state index is 3.71. The molecule has 1 saturated carbocycles. The monoisotopic (exact) mass is 252 g/mol. The van der Waals surface area contributed by atoms with E-state index in [1.54, 1.807) is 0 Å². The van der Waals surface area contributed by atoms with Crippen LogP contribution in [-0.2, 0) is 0 Å². The van der Waals surface area contributed by atoms with E-state index in [1.807, 2.05) is 0 Å². The van der Waals surface area contributed by atoms with Crippen LogP contribution < -0.4 is 5.32 Å². The third-order valence-corrected chi connectivity index (χ3v) is 5.53. The van der Waals surface area contributed by atoms with Gasteiger partial charge < -0.3 is 5.32 Å². The van der Waals surface area contributed by atoms with Crippen LogP contribution in [0.25, 0.3) is 0 Å². The quantitative estimate of drug-likeness (QED) is 0.806. The fourth-order valence-corrected chi connectivity index (χ4v) is 3.98. The number of hydrogen-bond donors (Lipinski definition) is 1. The zero-order chi connectivity index (χ0) is 13.0. The summed E-state index contributed by atoms with van der Waals surface area (Å²) in [5.41, 5.74) is 0.656. The average molecular weight is 252 g/mol. The number of nitrogens with zero attached hydrogens (tertiary/aromatic N) is 1. The van der Waals surface area contributed by atoms with E-state index < -0.39 is 0 Å². The third kappa shape index (κ3) is 3.08. The molecule has 0 aromatic rings. The summed E-state index contributed by atoms with van der Waals surface area (Å²) in [4.78, 5) is 2.82. The van der Waals surface area contributed by atoms with Gasteiger partial charge in [-0.05, 0) is 37.5 Å². The van der Waals surface area contributed by atoms with Crippen LogP contribution >= 0.6 is 0 Å². The van der Waals surface area contributed by atoms with E-state index in [0.29, 0.717) is 5.41 Å². The number of hydrogen-bond acceptors (Lipinski definition) is 2. The molecule has 1 heterocycles. The Bertz CT molecular complexity index is 245. The summed E-state index contributed by atoms with van der Waals surface area (Å²) < 4.78 is 0. The zero-order valence-electron chi connectivity index (χ0n) is 12.7. The third-order valence-electron chi connectivity index (χ3n) is 5.53. The topological polar surface area (TPSA) is 15.3 Å². The van der Waals surface area contributed by atoms with Gasteiger partial charge in [-0.15, -0.1) is 0 Å². The van der Waals surface area contributed by atoms with Crippen LogP contribution in [0.5, 0.6) is 0 Å². The van der Waals surface area contributed by atoms with Gasteiger partial charge in [0.25, 0.3) is 0 Å². The molecule has 2 aliphatic rings. The fraction of sp³-hybridized carbons (Fsp3) is 1.00. The largest absolute Gasteiger partial charge is 0.311 e. The van der Waals surface area contributed by atoms with Crippen LogP contribution in [0.2, 0.25) is 0 Å². The van der Waals surface area contributed by atoms with E-state index in [1.165, 1.54) is 64.6 Å². The molecule has 2 nitrogen and oxygen atoms in total. The van der Waals surface area contributed by atoms with E-state index in [0.717, 1.165) is 12.1 Å². The molecule has 2 heteroatoms. The Morgan fingerprint density at radius 2 is 1.83 bits per heavy atom. The van der Waals surface area contributed by atoms with Gasteiger partial charge in [0, 0.05) is 31.7 Å². The van der Waals surface area contributed by atoms with E-state index in [9.17, 15) is 0 Å². The Morgan fingerprint density at radius 1 is 1.11 bits per heavy atom. The summed E-state index contributed by atoms with van der Waals surface area (Å²) in [7, 11) is 0. The Balaban J connectivity index is 1.99. The van der Waals surface area contributed by atoms with Crippen molar-refractivity contribution in [2.24, 2.45) is 5.41 Å². The lowest BCUT2D eigenvalue weighted by atomic mass is 9.82. The van der Waals surface area contributed by atoms with Crippen molar-refractivity contribution in [2.45, 2.75) is 77.8 Å². The van der Waals surface area contributed by atoms with E-state index in [2.05, 4.69) is 31.0 Å². The molecule has 0 aromatic heterocycles. The molecule has 1 N–H and O–H groups in total. The number of rotatable bonds is 5. The maximum absolute atomic E-state index is 3.71. The molecule has 0 amide bonds. The Kier molecular flexibility index (Phi) is 5.08. The first-order valence-electron chi connectivity index (χ1n) is 8.20. The van der Waals surface area contributed by atoms with Gasteiger partial charge in [0.1, 0.15) is 0 Å². The first kappa shape index (κ1) is 14.3. The van der Waals surface area contributed by atoms with Crippen LogP contribution in [0.1, 0.15) is 65.7 Å². The van der Waals surface area contributed by atoms with Gasteiger partial charge in [-0.2, -0.15) is 0 Å². The second kappa shape index (κ2) is 6.38. The minimum atomic E-state index is 0.656. The lowest BCUT2D eigenvalue weighted by Crippen LogP contribution is -2.58. The molecule has 18 heavy (non-hydrogen) atoms. The second-order valence-corrected chi connectivity index (χ2v) is 6.57. The summed E-state index contributed by atoms with van der Waals surface area (Å²) in [5, 5.41) is 3.71. The van der Waals surface area contributed by atoms with E-state index >= 15 is 0 Å². The fourth-order valence-electron chi connectivity index (χ4n) is 3.98. The molecule has 1 saturated heterocycles. The molecule has 0 radical (unpaired) electrons. The summed E-state index contributed by atoms with van der Waals surface area (Å²) in [6, 6.07) is 1.50. The van der Waals surface area contributed by atoms with Crippen molar-refractivity contribution in [3.8, 4) is 0 Å². The van der Waals surface area contributed by atoms with Gasteiger partial charge in [0.05, 0.1) is 0 Å². The highest BCUT2D eigenvalue weighted by atomic mass is 15.2. The van der Waals surface area contributed by atoms with Crippen molar-refractivity contribution in [1.82, 2.24) is 10.2 Å². The zero-order valence-corrected chi connectivity index (χ0v) is 12.7. The van der Waals surface area contributed by atoms with Crippen LogP contribution in [-0.4, -0.2) is 36.6 Å². The van der Waals surface area contributed by atoms with Gasteiger partial charge in [0.15, 0.2) is 0 Å². The average Bonchev–Trinajstić information content (AvgIpc) is 2.88. The molecule has 0 bridgehead atoms. The SMILES string of the molecule is CCC1CN(CC2(CC)CCCC2)C(CC)CN1. The maximum Gasteiger partial charge on any atom is 0.0219 e. The molecule has 1 aliphatic carbocycles. The second-order valence-electron chi connectivity index (χ2n) is 6.57. The predicted octanol–water partition coefficient (Wildman–Crippen LogP) is 3.42. The molecule has 2 atom stereocenters. The molecule has 0 spiro atoms. The summed E-state index contributed by atoms with van der Waals surface area (Å²) in [6.07, 6.45) is 9.82. The minimum absolute atomic E-state index is 0.656. The molecule has 2 rings (SSSR count). The predicted molar refractivity (Wildman–Crippen MR) is 78.9 cm³/mol. The smallest absolute Gasteiger partial charge is 0.0219 e. The molecular weight excluding hydrogens is 220 g/mol. The van der Waals surface area contributed by atoms with Crippen molar-refractivity contribution < 1.29 is 0 Å². The van der Waals surface area contributed by atoms with Gasteiger partial charge in [-0.3, -0.25) is 4.90 Å². The normalized spacial score (nSPS) is 32.8. The minimum Gasteiger partial charge on any atom is -0.311 e. The molecule has 2 unspecified atom stereocenters. The Morgan fingerprint density at radius 3 is 2.39 bits per heavy atom. The van der Waals surface area contributed by atoms with E-state index in [4.69, 9.17) is 0 Å². The molecule has 1 aliphatic heterocycles. The highest BCUT2D eigenvalue weighted by molar-refractivity contribution is 4.92. The Hall–Kier alpha value is -0.0800. The first-order valence-corrected chi connectivity index (χ1v) is 8.20. The van der Waals surface area contributed by atoms with Crippen molar-refractivity contribution >= 4 is 0 Å². The van der Waals surface area contributed by atoms with Crippen molar-refractivity contribution in [1.29, 1.82) is 0 Å².